The number of aryl methyl sites for hydroxylation is 2. The molecule has 0 aliphatic rings. The minimum atomic E-state index is 0.245. The highest BCUT2D eigenvalue weighted by Gasteiger charge is 2.11. The van der Waals surface area contributed by atoms with E-state index in [0.29, 0.717) is 0 Å². The maximum atomic E-state index is 5.68. The van der Waals surface area contributed by atoms with Crippen LogP contribution in [-0.2, 0) is 0 Å². The molecule has 1 atom stereocenters. The summed E-state index contributed by atoms with van der Waals surface area (Å²) in [5.74, 6) is 0. The zero-order valence-electron chi connectivity index (χ0n) is 9.94. The number of nitrogen functional groups attached to an aromatic ring is 1. The summed E-state index contributed by atoms with van der Waals surface area (Å²) in [5, 5.41) is 4.49. The van der Waals surface area contributed by atoms with Gasteiger partial charge < -0.3 is 5.73 Å². The van der Waals surface area contributed by atoms with Crippen LogP contribution in [0.3, 0.4) is 0 Å². The van der Waals surface area contributed by atoms with Crippen LogP contribution in [0, 0.1) is 13.8 Å². The molecule has 0 fully saturated rings. The van der Waals surface area contributed by atoms with Gasteiger partial charge in [0.25, 0.3) is 0 Å². The Kier molecular flexibility index (Phi) is 2.69. The molecule has 2 rings (SSSR count). The topological polar surface area (TPSA) is 43.8 Å². The lowest BCUT2D eigenvalue weighted by Gasteiger charge is -2.14. The van der Waals surface area contributed by atoms with Crippen LogP contribution in [0.25, 0.3) is 0 Å². The molecule has 0 bridgehead atoms. The van der Waals surface area contributed by atoms with Crippen LogP contribution < -0.4 is 5.73 Å². The molecule has 0 saturated heterocycles. The summed E-state index contributed by atoms with van der Waals surface area (Å²) in [4.78, 5) is 0. The van der Waals surface area contributed by atoms with Crippen LogP contribution in [0.4, 0.5) is 5.69 Å². The van der Waals surface area contributed by atoms with Crippen LogP contribution >= 0.6 is 0 Å². The lowest BCUT2D eigenvalue weighted by Crippen LogP contribution is -2.10. The molecule has 2 N–H and O–H groups in total. The van der Waals surface area contributed by atoms with Crippen LogP contribution in [-0.4, -0.2) is 9.78 Å². The van der Waals surface area contributed by atoms with Gasteiger partial charge in [0, 0.05) is 11.4 Å². The van der Waals surface area contributed by atoms with Gasteiger partial charge in [0.05, 0.1) is 11.7 Å². The molecule has 0 aliphatic carbocycles. The standard InChI is InChI=1S/C13H17N3/c1-9-8-10(2)16(15-9)11(3)12-4-6-13(14)7-5-12/h4-8,11H,14H2,1-3H3. The second-order valence-corrected chi connectivity index (χ2v) is 4.21. The van der Waals surface area contributed by atoms with Gasteiger partial charge in [-0.05, 0) is 44.5 Å². The lowest BCUT2D eigenvalue weighted by molar-refractivity contribution is 0.546. The Hall–Kier alpha value is -1.77. The second kappa shape index (κ2) is 4.00. The van der Waals surface area contributed by atoms with Crippen LogP contribution in [0.2, 0.25) is 0 Å². The second-order valence-electron chi connectivity index (χ2n) is 4.21. The fraction of sp³-hybridized carbons (Fsp3) is 0.308. The van der Waals surface area contributed by atoms with Crippen molar-refractivity contribution in [3.8, 4) is 0 Å². The minimum Gasteiger partial charge on any atom is -0.399 e. The number of hydrogen-bond acceptors (Lipinski definition) is 2. The molecule has 84 valence electrons. The van der Waals surface area contributed by atoms with Gasteiger partial charge >= 0.3 is 0 Å². The SMILES string of the molecule is Cc1cc(C)n(C(C)c2ccc(N)cc2)n1. The molecule has 1 heterocycles. The van der Waals surface area contributed by atoms with E-state index in [9.17, 15) is 0 Å². The van der Waals surface area contributed by atoms with E-state index >= 15 is 0 Å². The number of aromatic nitrogens is 2. The molecule has 16 heavy (non-hydrogen) atoms. The monoisotopic (exact) mass is 215 g/mol. The summed E-state index contributed by atoms with van der Waals surface area (Å²) in [6.07, 6.45) is 0. The van der Waals surface area contributed by atoms with Crippen molar-refractivity contribution >= 4 is 5.69 Å². The summed E-state index contributed by atoms with van der Waals surface area (Å²) in [7, 11) is 0. The molecule has 0 saturated carbocycles. The highest BCUT2D eigenvalue weighted by Crippen LogP contribution is 2.20. The van der Waals surface area contributed by atoms with E-state index in [-0.39, 0.29) is 6.04 Å². The van der Waals surface area contributed by atoms with Gasteiger partial charge in [-0.1, -0.05) is 12.1 Å². The smallest absolute Gasteiger partial charge is 0.0743 e. The van der Waals surface area contributed by atoms with E-state index in [4.69, 9.17) is 5.73 Å². The Labute approximate surface area is 95.9 Å². The Bertz CT molecular complexity index is 482. The van der Waals surface area contributed by atoms with Crippen LogP contribution in [0.5, 0.6) is 0 Å². The van der Waals surface area contributed by atoms with Gasteiger partial charge in [-0.3, -0.25) is 4.68 Å². The number of nitrogens with two attached hydrogens (primary N) is 1. The van der Waals surface area contributed by atoms with Crippen molar-refractivity contribution in [3.63, 3.8) is 0 Å². The van der Waals surface area contributed by atoms with Gasteiger partial charge in [0.2, 0.25) is 0 Å². The van der Waals surface area contributed by atoms with Crippen molar-refractivity contribution in [1.82, 2.24) is 9.78 Å². The highest BCUT2D eigenvalue weighted by atomic mass is 15.3. The first-order valence-electron chi connectivity index (χ1n) is 5.46. The number of benzene rings is 1. The predicted molar refractivity (Wildman–Crippen MR) is 66.4 cm³/mol. The van der Waals surface area contributed by atoms with E-state index < -0.39 is 0 Å². The molecule has 3 heteroatoms. The first-order valence-corrected chi connectivity index (χ1v) is 5.46. The number of nitrogens with zero attached hydrogens (tertiary/aromatic N) is 2. The molecule has 0 spiro atoms. The van der Waals surface area contributed by atoms with Gasteiger partial charge in [-0.2, -0.15) is 5.10 Å². The fourth-order valence-electron chi connectivity index (χ4n) is 1.95. The Balaban J connectivity index is 2.35. The molecule has 1 unspecified atom stereocenters. The van der Waals surface area contributed by atoms with E-state index in [0.717, 1.165) is 11.4 Å². The largest absolute Gasteiger partial charge is 0.399 e. The summed E-state index contributed by atoms with van der Waals surface area (Å²) in [5.41, 5.74) is 9.93. The number of anilines is 1. The summed E-state index contributed by atoms with van der Waals surface area (Å²) < 4.78 is 2.04. The van der Waals surface area contributed by atoms with Gasteiger partial charge in [0.15, 0.2) is 0 Å². The van der Waals surface area contributed by atoms with Crippen molar-refractivity contribution in [2.24, 2.45) is 0 Å². The Morgan fingerprint density at radius 3 is 2.31 bits per heavy atom. The Morgan fingerprint density at radius 1 is 1.19 bits per heavy atom. The molecule has 1 aromatic heterocycles. The van der Waals surface area contributed by atoms with Gasteiger partial charge in [-0.25, -0.2) is 0 Å². The van der Waals surface area contributed by atoms with Crippen LogP contribution in [0.15, 0.2) is 30.3 Å². The van der Waals surface area contributed by atoms with E-state index in [2.05, 4.69) is 37.1 Å². The molecule has 0 amide bonds. The van der Waals surface area contributed by atoms with E-state index in [1.807, 2.05) is 23.7 Å². The van der Waals surface area contributed by atoms with Crippen molar-refractivity contribution in [1.29, 1.82) is 0 Å². The molecular weight excluding hydrogens is 198 g/mol. The first kappa shape index (κ1) is 10.7. The highest BCUT2D eigenvalue weighted by molar-refractivity contribution is 5.40. The van der Waals surface area contributed by atoms with Crippen molar-refractivity contribution < 1.29 is 0 Å². The van der Waals surface area contributed by atoms with Gasteiger partial charge in [-0.15, -0.1) is 0 Å². The maximum absolute atomic E-state index is 5.68. The van der Waals surface area contributed by atoms with Crippen molar-refractivity contribution in [2.75, 3.05) is 5.73 Å². The molecule has 0 radical (unpaired) electrons. The van der Waals surface area contributed by atoms with E-state index in [1.165, 1.54) is 11.3 Å². The molecule has 2 aromatic rings. The maximum Gasteiger partial charge on any atom is 0.0743 e. The molecule has 0 aliphatic heterocycles. The molecule has 1 aromatic carbocycles. The molecular formula is C13H17N3. The number of rotatable bonds is 2. The van der Waals surface area contributed by atoms with Gasteiger partial charge in [0.1, 0.15) is 0 Å². The first-order chi connectivity index (χ1) is 7.58. The fourth-order valence-corrected chi connectivity index (χ4v) is 1.95. The lowest BCUT2D eigenvalue weighted by atomic mass is 10.1. The third kappa shape index (κ3) is 1.94. The average molecular weight is 215 g/mol. The normalized spacial score (nSPS) is 12.7. The van der Waals surface area contributed by atoms with Crippen molar-refractivity contribution in [3.05, 3.63) is 47.3 Å². The predicted octanol–water partition coefficient (Wildman–Crippen LogP) is 2.69. The zero-order valence-corrected chi connectivity index (χ0v) is 9.94. The van der Waals surface area contributed by atoms with E-state index in [1.54, 1.807) is 0 Å². The third-order valence-corrected chi connectivity index (χ3v) is 2.83. The Morgan fingerprint density at radius 2 is 1.81 bits per heavy atom. The minimum absolute atomic E-state index is 0.245. The third-order valence-electron chi connectivity index (χ3n) is 2.83. The van der Waals surface area contributed by atoms with Crippen molar-refractivity contribution in [2.45, 2.75) is 26.8 Å². The molecule has 3 nitrogen and oxygen atoms in total. The summed E-state index contributed by atoms with van der Waals surface area (Å²) in [6.45, 7) is 6.23. The number of hydrogen-bond donors (Lipinski definition) is 1. The summed E-state index contributed by atoms with van der Waals surface area (Å²) in [6, 6.07) is 10.3. The summed E-state index contributed by atoms with van der Waals surface area (Å²) >= 11 is 0. The zero-order chi connectivity index (χ0) is 11.7. The average Bonchev–Trinajstić information content (AvgIpc) is 2.58. The quantitative estimate of drug-likeness (QED) is 0.783. The van der Waals surface area contributed by atoms with Crippen LogP contribution in [0.1, 0.15) is 29.9 Å².